The number of nitrogens with zero attached hydrogens (tertiary/aromatic N) is 3. The van der Waals surface area contributed by atoms with Crippen molar-refractivity contribution < 1.29 is 14.3 Å². The first-order chi connectivity index (χ1) is 8.11. The Bertz CT molecular complexity index is 466. The molecule has 1 aliphatic heterocycles. The monoisotopic (exact) mass is 255 g/mol. The van der Waals surface area contributed by atoms with E-state index in [4.69, 9.17) is 11.6 Å². The van der Waals surface area contributed by atoms with Crippen molar-refractivity contribution in [3.63, 3.8) is 0 Å². The van der Waals surface area contributed by atoms with Crippen LogP contribution in [0.1, 0.15) is 6.42 Å². The summed E-state index contributed by atoms with van der Waals surface area (Å²) in [4.78, 5) is 32.2. The molecule has 1 aromatic heterocycles. The van der Waals surface area contributed by atoms with Gasteiger partial charge < -0.3 is 4.74 Å². The van der Waals surface area contributed by atoms with E-state index in [1.54, 1.807) is 6.07 Å². The molecule has 1 aliphatic rings. The summed E-state index contributed by atoms with van der Waals surface area (Å²) in [5, 5.41) is 0.0665. The van der Waals surface area contributed by atoms with Gasteiger partial charge in [0.1, 0.15) is 5.82 Å². The molecule has 7 heteroatoms. The molecule has 0 spiro atoms. The van der Waals surface area contributed by atoms with Crippen LogP contribution in [0.15, 0.2) is 12.3 Å². The second kappa shape index (κ2) is 4.67. The molecule has 1 aromatic rings. The first kappa shape index (κ1) is 11.8. The minimum absolute atomic E-state index is 0.0665. The summed E-state index contributed by atoms with van der Waals surface area (Å²) in [7, 11) is 1.30. The molecule has 0 aromatic carbocycles. The van der Waals surface area contributed by atoms with E-state index in [1.807, 2.05) is 0 Å². The average Bonchev–Trinajstić information content (AvgIpc) is 2.70. The van der Waals surface area contributed by atoms with Gasteiger partial charge in [-0.3, -0.25) is 14.5 Å². The lowest BCUT2D eigenvalue weighted by Crippen LogP contribution is -2.27. The van der Waals surface area contributed by atoms with Gasteiger partial charge in [0.25, 0.3) is 0 Å². The predicted octanol–water partition coefficient (Wildman–Crippen LogP) is 0.656. The molecule has 1 amide bonds. The number of amides is 1. The van der Waals surface area contributed by atoms with Crippen molar-refractivity contribution in [2.45, 2.75) is 6.42 Å². The van der Waals surface area contributed by atoms with Gasteiger partial charge in [-0.1, -0.05) is 0 Å². The van der Waals surface area contributed by atoms with Crippen molar-refractivity contribution >= 4 is 29.3 Å². The molecule has 1 saturated heterocycles. The molecule has 2 rings (SSSR count). The van der Waals surface area contributed by atoms with Crippen LogP contribution in [0, 0.1) is 5.92 Å². The summed E-state index contributed by atoms with van der Waals surface area (Å²) in [6, 6.07) is 1.57. The summed E-state index contributed by atoms with van der Waals surface area (Å²) >= 11 is 5.65. The zero-order valence-corrected chi connectivity index (χ0v) is 9.85. The smallest absolute Gasteiger partial charge is 0.311 e. The maximum Gasteiger partial charge on any atom is 0.311 e. The molecule has 1 fully saturated rings. The number of anilines is 1. The van der Waals surface area contributed by atoms with Gasteiger partial charge in [0, 0.05) is 19.2 Å². The van der Waals surface area contributed by atoms with Crippen molar-refractivity contribution in [3.8, 4) is 0 Å². The van der Waals surface area contributed by atoms with Crippen LogP contribution in [0.25, 0.3) is 0 Å². The number of methoxy groups -OCH3 is 1. The fraction of sp³-hybridized carbons (Fsp3) is 0.400. The average molecular weight is 256 g/mol. The summed E-state index contributed by atoms with van der Waals surface area (Å²) in [5.74, 6) is -0.598. The van der Waals surface area contributed by atoms with Gasteiger partial charge in [0.2, 0.25) is 11.2 Å². The summed E-state index contributed by atoms with van der Waals surface area (Å²) in [6.45, 7) is 0.263. The molecule has 0 N–H and O–H groups in total. The van der Waals surface area contributed by atoms with Gasteiger partial charge in [-0.05, 0) is 17.7 Å². The van der Waals surface area contributed by atoms with Crippen LogP contribution in [-0.4, -0.2) is 35.5 Å². The molecule has 17 heavy (non-hydrogen) atoms. The molecular formula is C10H10ClN3O3. The Morgan fingerprint density at radius 3 is 3.06 bits per heavy atom. The molecule has 6 nitrogen and oxygen atoms in total. The number of halogens is 1. The standard InChI is InChI=1S/C10H10ClN3O3/c1-17-9(16)6-4-8(15)14(5-6)7-2-3-12-10(11)13-7/h2-3,6H,4-5H2,1H3. The van der Waals surface area contributed by atoms with Gasteiger partial charge in [-0.2, -0.15) is 0 Å². The zero-order chi connectivity index (χ0) is 12.4. The molecule has 90 valence electrons. The third-order valence-electron chi connectivity index (χ3n) is 2.55. The number of carbonyl (C=O) groups is 2. The Morgan fingerprint density at radius 2 is 2.41 bits per heavy atom. The predicted molar refractivity (Wildman–Crippen MR) is 59.5 cm³/mol. The molecule has 1 unspecified atom stereocenters. The van der Waals surface area contributed by atoms with Gasteiger partial charge >= 0.3 is 5.97 Å². The van der Waals surface area contributed by atoms with Crippen LogP contribution >= 0.6 is 11.6 Å². The molecule has 2 heterocycles. The van der Waals surface area contributed by atoms with E-state index in [1.165, 1.54) is 18.2 Å². The van der Waals surface area contributed by atoms with Crippen molar-refractivity contribution in [2.75, 3.05) is 18.6 Å². The minimum atomic E-state index is -0.443. The van der Waals surface area contributed by atoms with E-state index in [9.17, 15) is 9.59 Å². The van der Waals surface area contributed by atoms with E-state index in [0.717, 1.165) is 0 Å². The number of carbonyl (C=O) groups excluding carboxylic acids is 2. The van der Waals surface area contributed by atoms with E-state index in [0.29, 0.717) is 5.82 Å². The quantitative estimate of drug-likeness (QED) is 0.573. The van der Waals surface area contributed by atoms with E-state index < -0.39 is 5.92 Å². The molecule has 0 bridgehead atoms. The number of hydrogen-bond donors (Lipinski definition) is 0. The highest BCUT2D eigenvalue weighted by molar-refractivity contribution is 6.28. The normalized spacial score (nSPS) is 19.5. The SMILES string of the molecule is COC(=O)C1CC(=O)N(c2ccnc(Cl)n2)C1. The molecular weight excluding hydrogens is 246 g/mol. The first-order valence-electron chi connectivity index (χ1n) is 4.98. The number of hydrogen-bond acceptors (Lipinski definition) is 5. The number of ether oxygens (including phenoxy) is 1. The highest BCUT2D eigenvalue weighted by Gasteiger charge is 2.36. The van der Waals surface area contributed by atoms with E-state index in [-0.39, 0.29) is 30.1 Å². The Kier molecular flexibility index (Phi) is 3.23. The number of esters is 1. The zero-order valence-electron chi connectivity index (χ0n) is 9.09. The maximum absolute atomic E-state index is 11.7. The second-order valence-electron chi connectivity index (χ2n) is 3.61. The summed E-state index contributed by atoms with van der Waals surface area (Å²) in [5.41, 5.74) is 0. The van der Waals surface area contributed by atoms with Crippen LogP contribution in [0.4, 0.5) is 5.82 Å². The van der Waals surface area contributed by atoms with Gasteiger partial charge in [-0.25, -0.2) is 9.97 Å². The largest absolute Gasteiger partial charge is 0.469 e. The van der Waals surface area contributed by atoms with Crippen LogP contribution in [0.3, 0.4) is 0 Å². The van der Waals surface area contributed by atoms with Gasteiger partial charge in [0.05, 0.1) is 13.0 Å². The fourth-order valence-electron chi connectivity index (χ4n) is 1.73. The molecule has 0 saturated carbocycles. The van der Waals surface area contributed by atoms with Gasteiger partial charge in [-0.15, -0.1) is 0 Å². The van der Waals surface area contributed by atoms with Crippen molar-refractivity contribution in [3.05, 3.63) is 17.5 Å². The third-order valence-corrected chi connectivity index (χ3v) is 2.73. The lowest BCUT2D eigenvalue weighted by atomic mass is 10.1. The van der Waals surface area contributed by atoms with Crippen molar-refractivity contribution in [1.29, 1.82) is 0 Å². The van der Waals surface area contributed by atoms with Crippen LogP contribution < -0.4 is 4.90 Å². The second-order valence-corrected chi connectivity index (χ2v) is 3.95. The van der Waals surface area contributed by atoms with E-state index in [2.05, 4.69) is 14.7 Å². The first-order valence-corrected chi connectivity index (χ1v) is 5.36. The Balaban J connectivity index is 2.18. The van der Waals surface area contributed by atoms with Crippen molar-refractivity contribution in [2.24, 2.45) is 5.92 Å². The van der Waals surface area contributed by atoms with E-state index >= 15 is 0 Å². The van der Waals surface area contributed by atoms with Gasteiger partial charge in [0.15, 0.2) is 0 Å². The highest BCUT2D eigenvalue weighted by Crippen LogP contribution is 2.24. The minimum Gasteiger partial charge on any atom is -0.469 e. The summed E-state index contributed by atoms with van der Waals surface area (Å²) in [6.07, 6.45) is 1.59. The Labute approximate surface area is 103 Å². The Morgan fingerprint density at radius 1 is 1.65 bits per heavy atom. The number of rotatable bonds is 2. The molecule has 0 radical (unpaired) electrons. The highest BCUT2D eigenvalue weighted by atomic mass is 35.5. The summed E-state index contributed by atoms with van der Waals surface area (Å²) < 4.78 is 4.61. The Hall–Kier alpha value is -1.69. The topological polar surface area (TPSA) is 72.4 Å². The third kappa shape index (κ3) is 2.36. The molecule has 0 aliphatic carbocycles. The van der Waals surface area contributed by atoms with Crippen LogP contribution in [0.5, 0.6) is 0 Å². The van der Waals surface area contributed by atoms with Crippen molar-refractivity contribution in [1.82, 2.24) is 9.97 Å². The number of aromatic nitrogens is 2. The van der Waals surface area contributed by atoms with Crippen LogP contribution in [-0.2, 0) is 14.3 Å². The molecule has 1 atom stereocenters. The lowest BCUT2D eigenvalue weighted by Gasteiger charge is -2.14. The van der Waals surface area contributed by atoms with Crippen LogP contribution in [0.2, 0.25) is 5.28 Å². The maximum atomic E-state index is 11.7. The lowest BCUT2D eigenvalue weighted by molar-refractivity contribution is -0.145. The fourth-order valence-corrected chi connectivity index (χ4v) is 1.87.